The van der Waals surface area contributed by atoms with E-state index in [1.165, 1.54) is 19.3 Å². The molecule has 0 spiro atoms. The van der Waals surface area contributed by atoms with Crippen molar-refractivity contribution in [2.45, 2.75) is 45.2 Å². The second-order valence-electron chi connectivity index (χ2n) is 7.08. The van der Waals surface area contributed by atoms with Gasteiger partial charge in [-0.3, -0.25) is 4.90 Å². The average Bonchev–Trinajstić information content (AvgIpc) is 2.66. The molecule has 27 heavy (non-hydrogen) atoms. The van der Waals surface area contributed by atoms with Crippen molar-refractivity contribution < 1.29 is 13.6 Å². The van der Waals surface area contributed by atoms with Crippen LogP contribution in [0.25, 0.3) is 0 Å². The fourth-order valence-corrected chi connectivity index (χ4v) is 4.89. The van der Waals surface area contributed by atoms with Gasteiger partial charge in [0.05, 0.1) is 0 Å². The molecule has 2 aromatic rings. The average molecular weight is 388 g/mol. The molecule has 3 rings (SSSR count). The molecule has 5 nitrogen and oxygen atoms in total. The third kappa shape index (κ3) is 5.83. The minimum absolute atomic E-state index is 0.518. The molecule has 0 radical (unpaired) electrons. The van der Waals surface area contributed by atoms with Crippen LogP contribution in [0.1, 0.15) is 33.1 Å². The van der Waals surface area contributed by atoms with E-state index in [2.05, 4.69) is 23.8 Å². The van der Waals surface area contributed by atoms with Crippen molar-refractivity contribution in [3.8, 4) is 11.5 Å². The molecule has 0 bridgehead atoms. The van der Waals surface area contributed by atoms with Crippen molar-refractivity contribution in [1.29, 1.82) is 0 Å². The highest BCUT2D eigenvalue weighted by Gasteiger charge is 2.30. The van der Waals surface area contributed by atoms with Crippen LogP contribution in [0.15, 0.2) is 60.7 Å². The summed E-state index contributed by atoms with van der Waals surface area (Å²) < 4.78 is 24.9. The standard InChI is InChI=1S/C21H29N2O3P/c1-18-10-9-11-19(2)23(18)17-16-22-27(24,25-20-12-5-3-6-13-20)26-21-14-7-4-8-15-21/h3-8,12-15,18-19H,9-11,16-17H2,1-2H3,(H,22,24)/t18-,19+. The first kappa shape index (κ1) is 19.9. The van der Waals surface area contributed by atoms with Crippen LogP contribution in [0.3, 0.4) is 0 Å². The maximum atomic E-state index is 13.4. The molecule has 1 aliphatic heterocycles. The smallest absolute Gasteiger partial charge is 0.405 e. The van der Waals surface area contributed by atoms with Gasteiger partial charge in [-0.15, -0.1) is 0 Å². The summed E-state index contributed by atoms with van der Waals surface area (Å²) in [4.78, 5) is 2.46. The highest BCUT2D eigenvalue weighted by Crippen LogP contribution is 2.44. The molecular weight excluding hydrogens is 359 g/mol. The Bertz CT molecular complexity index is 686. The topological polar surface area (TPSA) is 50.8 Å². The third-order valence-electron chi connectivity index (χ3n) is 4.99. The van der Waals surface area contributed by atoms with Gasteiger partial charge < -0.3 is 9.05 Å². The van der Waals surface area contributed by atoms with Gasteiger partial charge in [-0.1, -0.05) is 42.8 Å². The molecule has 1 aliphatic rings. The van der Waals surface area contributed by atoms with Gasteiger partial charge in [0.2, 0.25) is 0 Å². The molecule has 2 aromatic carbocycles. The molecule has 1 saturated heterocycles. The van der Waals surface area contributed by atoms with E-state index in [1.807, 2.05) is 36.4 Å². The molecule has 0 aromatic heterocycles. The highest BCUT2D eigenvalue weighted by molar-refractivity contribution is 7.52. The lowest BCUT2D eigenvalue weighted by atomic mass is 9.98. The zero-order valence-corrected chi connectivity index (χ0v) is 17.0. The lowest BCUT2D eigenvalue weighted by Crippen LogP contribution is -2.46. The number of nitrogens with zero attached hydrogens (tertiary/aromatic N) is 1. The van der Waals surface area contributed by atoms with E-state index in [0.29, 0.717) is 30.1 Å². The minimum atomic E-state index is -3.55. The van der Waals surface area contributed by atoms with Crippen LogP contribution in [-0.4, -0.2) is 30.1 Å². The third-order valence-corrected chi connectivity index (χ3v) is 6.50. The zero-order valence-electron chi connectivity index (χ0n) is 16.1. The van der Waals surface area contributed by atoms with Gasteiger partial charge in [0.15, 0.2) is 0 Å². The Kier molecular flexibility index (Phi) is 6.95. The Balaban J connectivity index is 1.66. The van der Waals surface area contributed by atoms with E-state index in [9.17, 15) is 4.57 Å². The maximum absolute atomic E-state index is 13.4. The summed E-state index contributed by atoms with van der Waals surface area (Å²) in [5.41, 5.74) is 0. The van der Waals surface area contributed by atoms with Gasteiger partial charge in [0.25, 0.3) is 0 Å². The molecule has 1 N–H and O–H groups in total. The number of hydrogen-bond donors (Lipinski definition) is 1. The summed E-state index contributed by atoms with van der Waals surface area (Å²) >= 11 is 0. The Hall–Kier alpha value is -1.81. The summed E-state index contributed by atoms with van der Waals surface area (Å²) in [6, 6.07) is 19.4. The summed E-state index contributed by atoms with van der Waals surface area (Å²) in [6.07, 6.45) is 3.70. The molecule has 1 fully saturated rings. The monoisotopic (exact) mass is 388 g/mol. The first-order valence-corrected chi connectivity index (χ1v) is 11.2. The second-order valence-corrected chi connectivity index (χ2v) is 8.76. The van der Waals surface area contributed by atoms with Crippen molar-refractivity contribution in [2.24, 2.45) is 0 Å². The fourth-order valence-electron chi connectivity index (χ4n) is 3.55. The predicted octanol–water partition coefficient (Wildman–Crippen LogP) is 5.11. The Labute approximate surface area is 162 Å². The van der Waals surface area contributed by atoms with E-state index in [0.717, 1.165) is 6.54 Å². The number of piperidine rings is 1. The van der Waals surface area contributed by atoms with Gasteiger partial charge >= 0.3 is 7.75 Å². The first-order chi connectivity index (χ1) is 13.1. The number of rotatable bonds is 8. The normalized spacial score (nSPS) is 21.0. The molecule has 0 unspecified atom stereocenters. The van der Waals surface area contributed by atoms with Crippen molar-refractivity contribution in [2.75, 3.05) is 13.1 Å². The molecule has 1 heterocycles. The van der Waals surface area contributed by atoms with Crippen molar-refractivity contribution >= 4 is 7.75 Å². The SMILES string of the molecule is C[C@@H]1CCC[C@H](C)N1CCNP(=O)(Oc1ccccc1)Oc1ccccc1. The molecule has 0 aliphatic carbocycles. The number of nitrogens with one attached hydrogen (secondary N) is 1. The first-order valence-electron chi connectivity index (χ1n) is 9.66. The molecule has 6 heteroatoms. The van der Waals surface area contributed by atoms with Gasteiger partial charge in [0, 0.05) is 25.2 Å². The molecule has 0 saturated carbocycles. The predicted molar refractivity (Wildman–Crippen MR) is 109 cm³/mol. The minimum Gasteiger partial charge on any atom is -0.405 e. The molecule has 0 amide bonds. The van der Waals surface area contributed by atoms with Crippen molar-refractivity contribution in [3.63, 3.8) is 0 Å². The van der Waals surface area contributed by atoms with Gasteiger partial charge in [-0.05, 0) is 51.0 Å². The largest absolute Gasteiger partial charge is 0.512 e. The summed E-state index contributed by atoms with van der Waals surface area (Å²) in [5, 5.41) is 3.05. The Morgan fingerprint density at radius 3 is 1.89 bits per heavy atom. The van der Waals surface area contributed by atoms with Crippen LogP contribution in [0.5, 0.6) is 11.5 Å². The Morgan fingerprint density at radius 1 is 0.926 bits per heavy atom. The molecule has 2 atom stereocenters. The van der Waals surface area contributed by atoms with Gasteiger partial charge in [-0.25, -0.2) is 4.57 Å². The van der Waals surface area contributed by atoms with E-state index in [4.69, 9.17) is 9.05 Å². The highest BCUT2D eigenvalue weighted by atomic mass is 31.2. The van der Waals surface area contributed by atoms with Crippen LogP contribution in [-0.2, 0) is 4.57 Å². The van der Waals surface area contributed by atoms with Crippen LogP contribution in [0, 0.1) is 0 Å². The second kappa shape index (κ2) is 9.41. The van der Waals surface area contributed by atoms with E-state index >= 15 is 0 Å². The molecule has 146 valence electrons. The van der Waals surface area contributed by atoms with Crippen molar-refractivity contribution in [3.05, 3.63) is 60.7 Å². The van der Waals surface area contributed by atoms with Crippen LogP contribution in [0.4, 0.5) is 0 Å². The van der Waals surface area contributed by atoms with Crippen LogP contribution < -0.4 is 14.1 Å². The molecular formula is C21H29N2O3P. The number of hydrogen-bond acceptors (Lipinski definition) is 4. The lowest BCUT2D eigenvalue weighted by Gasteiger charge is -2.39. The summed E-state index contributed by atoms with van der Waals surface area (Å²) in [7, 11) is -3.55. The number of likely N-dealkylation sites (tertiary alicyclic amines) is 1. The van der Waals surface area contributed by atoms with E-state index < -0.39 is 7.75 Å². The fraction of sp³-hybridized carbons (Fsp3) is 0.429. The van der Waals surface area contributed by atoms with Crippen LogP contribution >= 0.6 is 7.75 Å². The van der Waals surface area contributed by atoms with Crippen molar-refractivity contribution in [1.82, 2.24) is 9.99 Å². The zero-order chi connectivity index (χ0) is 19.1. The Morgan fingerprint density at radius 2 is 1.41 bits per heavy atom. The van der Waals surface area contributed by atoms with E-state index in [-0.39, 0.29) is 0 Å². The maximum Gasteiger partial charge on any atom is 0.512 e. The number of para-hydroxylation sites is 2. The van der Waals surface area contributed by atoms with E-state index in [1.54, 1.807) is 24.3 Å². The van der Waals surface area contributed by atoms with Gasteiger partial charge in [0.1, 0.15) is 11.5 Å². The quantitative estimate of drug-likeness (QED) is 0.637. The summed E-state index contributed by atoms with van der Waals surface area (Å²) in [6.45, 7) is 5.86. The van der Waals surface area contributed by atoms with Crippen LogP contribution in [0.2, 0.25) is 0 Å². The summed E-state index contributed by atoms with van der Waals surface area (Å²) in [5.74, 6) is 1.04. The van der Waals surface area contributed by atoms with Gasteiger partial charge in [-0.2, -0.15) is 5.09 Å². The number of benzene rings is 2. The lowest BCUT2D eigenvalue weighted by molar-refractivity contribution is 0.106.